The van der Waals surface area contributed by atoms with Gasteiger partial charge in [0, 0.05) is 131 Å². The molecule has 0 spiro atoms. The molecule has 3 saturated heterocycles. The number of carbonyl (C=O) groups is 2. The average molecular weight is 1050 g/mol. The van der Waals surface area contributed by atoms with Crippen LogP contribution in [0.4, 0.5) is 17.3 Å². The summed E-state index contributed by atoms with van der Waals surface area (Å²) in [4.78, 5) is 55.7. The first-order chi connectivity index (χ1) is 35.6. The number of nitrogens with zero attached hydrogens (tertiary/aromatic N) is 10. The molecule has 0 radical (unpaired) electrons. The van der Waals surface area contributed by atoms with E-state index in [0.29, 0.717) is 68.3 Å². The van der Waals surface area contributed by atoms with Crippen molar-refractivity contribution >= 4 is 49.9 Å². The summed E-state index contributed by atoms with van der Waals surface area (Å²) in [5.74, 6) is 1.63. The summed E-state index contributed by atoms with van der Waals surface area (Å²) in [6.45, 7) is 30.1. The number of carbonyl (C=O) groups excluding carboxylic acids is 2. The Hall–Kier alpha value is -5.57. The van der Waals surface area contributed by atoms with Gasteiger partial charge in [-0.15, -0.1) is 0 Å². The Bertz CT molecular complexity index is 2970. The zero-order valence-corrected chi connectivity index (χ0v) is 46.7. The summed E-state index contributed by atoms with van der Waals surface area (Å²) < 4.78 is 33.2. The van der Waals surface area contributed by atoms with Gasteiger partial charge in [0.05, 0.1) is 41.3 Å². The maximum absolute atomic E-state index is 14.4. The molecular weight excluding hydrogens is 967 g/mol. The number of piperazine rings is 3. The lowest BCUT2D eigenvalue weighted by Gasteiger charge is -2.46. The van der Waals surface area contributed by atoms with Gasteiger partial charge in [-0.1, -0.05) is 43.7 Å². The molecule has 3 atom stereocenters. The Labute approximate surface area is 443 Å². The van der Waals surface area contributed by atoms with E-state index in [0.717, 1.165) is 93.5 Å². The Kier molecular flexibility index (Phi) is 16.0. The first kappa shape index (κ1) is 54.2. The quantitative estimate of drug-likeness (QED) is 0.105. The van der Waals surface area contributed by atoms with Crippen LogP contribution in [0.15, 0.2) is 59.9 Å². The van der Waals surface area contributed by atoms with Crippen molar-refractivity contribution in [3.63, 3.8) is 0 Å². The molecule has 2 amide bonds. The predicted molar refractivity (Wildman–Crippen MR) is 295 cm³/mol. The van der Waals surface area contributed by atoms with Gasteiger partial charge in [0.15, 0.2) is 15.7 Å². The number of hydrogen-bond donors (Lipinski definition) is 3. The second-order valence-corrected chi connectivity index (χ2v) is 25.9. The third-order valence-electron chi connectivity index (χ3n) is 15.9. The topological polar surface area (TPSA) is 188 Å². The number of H-pyrrole nitrogens is 1. The Morgan fingerprint density at radius 3 is 2.31 bits per heavy atom. The summed E-state index contributed by atoms with van der Waals surface area (Å²) in [7, 11) is -3.81. The number of aryl methyl sites for hydroxylation is 2. The van der Waals surface area contributed by atoms with E-state index in [4.69, 9.17) is 9.72 Å². The van der Waals surface area contributed by atoms with Crippen molar-refractivity contribution in [2.45, 2.75) is 115 Å². The monoisotopic (exact) mass is 1050 g/mol. The van der Waals surface area contributed by atoms with Gasteiger partial charge in [-0.05, 0) is 91.5 Å². The standard InChI is InChI=1S/C56H79N13O5S/c1-37-12-14-42(15-13-37)24-43-25-47-52(58-28-43)56(9,10)35-69(47)51(71)34-68-30-38(2)57-29-44(68)32-66-21-22-67(31-39(66)3)50(70)33-65-19-17-64(18-20-65)16-11-23-74-48-27-46-45(26-49(48)75(72,73)55(6,7)8)54(60-36-59-46)61-53-40(4)41(5)62-63-53/h12-15,25-28,36,38-39,44,57H,11,16-24,29-35H2,1-10H3,(H2,59,60,61,62,63)/t38-,39-,44-/m1/s1. The zero-order valence-electron chi connectivity index (χ0n) is 45.9. The molecule has 3 aromatic heterocycles. The van der Waals surface area contributed by atoms with Gasteiger partial charge in [0.25, 0.3) is 0 Å². The molecule has 0 unspecified atom stereocenters. The van der Waals surface area contributed by atoms with E-state index < -0.39 is 14.6 Å². The number of amides is 2. The van der Waals surface area contributed by atoms with Gasteiger partial charge >= 0.3 is 0 Å². The van der Waals surface area contributed by atoms with Crippen LogP contribution in [0.3, 0.4) is 0 Å². The van der Waals surface area contributed by atoms with Crippen LogP contribution in [-0.4, -0.2) is 191 Å². The van der Waals surface area contributed by atoms with E-state index in [1.807, 2.05) is 29.8 Å². The largest absolute Gasteiger partial charge is 0.492 e. The van der Waals surface area contributed by atoms with Gasteiger partial charge in [0.2, 0.25) is 11.8 Å². The van der Waals surface area contributed by atoms with Crippen LogP contribution in [0.2, 0.25) is 0 Å². The molecule has 404 valence electrons. The lowest BCUT2D eigenvalue weighted by atomic mass is 9.91. The first-order valence-corrected chi connectivity index (χ1v) is 28.4. The number of aromatic nitrogens is 5. The molecule has 4 aliphatic rings. The van der Waals surface area contributed by atoms with Gasteiger partial charge in [-0.25, -0.2) is 18.4 Å². The second kappa shape index (κ2) is 22.2. The molecule has 0 bridgehead atoms. The van der Waals surface area contributed by atoms with Crippen molar-refractivity contribution in [2.24, 2.45) is 0 Å². The average Bonchev–Trinajstić information content (AvgIpc) is 3.83. The second-order valence-electron chi connectivity index (χ2n) is 23.2. The number of anilines is 3. The fourth-order valence-corrected chi connectivity index (χ4v) is 12.2. The van der Waals surface area contributed by atoms with E-state index in [9.17, 15) is 18.0 Å². The summed E-state index contributed by atoms with van der Waals surface area (Å²) in [6.07, 6.45) is 4.89. The normalized spacial score (nSPS) is 21.2. The van der Waals surface area contributed by atoms with E-state index in [-0.39, 0.29) is 46.0 Å². The van der Waals surface area contributed by atoms with E-state index in [1.54, 1.807) is 32.9 Å². The summed E-state index contributed by atoms with van der Waals surface area (Å²) in [6, 6.07) is 14.7. The van der Waals surface area contributed by atoms with Crippen molar-refractivity contribution in [1.29, 1.82) is 0 Å². The van der Waals surface area contributed by atoms with Gasteiger partial charge < -0.3 is 30.1 Å². The number of ether oxygens (including phenoxy) is 1. The minimum atomic E-state index is -3.81. The molecule has 2 aromatic carbocycles. The molecule has 0 saturated carbocycles. The molecule has 75 heavy (non-hydrogen) atoms. The number of aromatic amines is 1. The smallest absolute Gasteiger partial charge is 0.241 e. The zero-order chi connectivity index (χ0) is 53.4. The highest BCUT2D eigenvalue weighted by Crippen LogP contribution is 2.41. The van der Waals surface area contributed by atoms with Gasteiger partial charge in [-0.3, -0.25) is 34.4 Å². The van der Waals surface area contributed by atoms with Gasteiger partial charge in [-0.2, -0.15) is 5.10 Å². The van der Waals surface area contributed by atoms with Crippen LogP contribution in [0.1, 0.15) is 88.5 Å². The number of hydrogen-bond acceptors (Lipinski definition) is 15. The minimum absolute atomic E-state index is 0.103. The third kappa shape index (κ3) is 12.2. The van der Waals surface area contributed by atoms with Crippen molar-refractivity contribution in [3.8, 4) is 5.75 Å². The van der Waals surface area contributed by atoms with E-state index in [2.05, 4.69) is 115 Å². The van der Waals surface area contributed by atoms with Crippen LogP contribution >= 0.6 is 0 Å². The fourth-order valence-electron chi connectivity index (χ4n) is 10.9. The fraction of sp³-hybridized carbons (Fsp3) is 0.571. The van der Waals surface area contributed by atoms with E-state index in [1.165, 1.54) is 17.5 Å². The van der Waals surface area contributed by atoms with Crippen molar-refractivity contribution in [1.82, 2.24) is 55.0 Å². The summed E-state index contributed by atoms with van der Waals surface area (Å²) in [5.41, 5.74) is 7.68. The molecule has 7 heterocycles. The highest BCUT2D eigenvalue weighted by atomic mass is 32.2. The first-order valence-electron chi connectivity index (χ1n) is 26.9. The molecule has 18 nitrogen and oxygen atoms in total. The lowest BCUT2D eigenvalue weighted by molar-refractivity contribution is -0.136. The molecule has 9 rings (SSSR count). The van der Waals surface area contributed by atoms with Crippen molar-refractivity contribution in [3.05, 3.63) is 88.6 Å². The lowest BCUT2D eigenvalue weighted by Crippen LogP contribution is -2.63. The number of nitrogens with one attached hydrogen (secondary N) is 3. The number of pyridine rings is 1. The SMILES string of the molecule is Cc1ccc(Cc2cnc3c(c2)N(C(=O)CN2C[C@@H](C)NC[C@@H]2CN2CCN(C(=O)CN4CCN(CCCOc5cc6ncnc(Nc7n[nH]c(C)c7C)c6cc5S(=O)(=O)C(C)(C)C)CC4)C[C@H]2C)CC3(C)C)cc1. The Balaban J connectivity index is 0.736. The van der Waals surface area contributed by atoms with Crippen LogP contribution in [-0.2, 0) is 31.3 Å². The van der Waals surface area contributed by atoms with Crippen molar-refractivity contribution < 1.29 is 22.7 Å². The summed E-state index contributed by atoms with van der Waals surface area (Å²) in [5, 5.41) is 14.8. The van der Waals surface area contributed by atoms with Crippen LogP contribution in [0.5, 0.6) is 5.75 Å². The van der Waals surface area contributed by atoms with E-state index >= 15 is 0 Å². The minimum Gasteiger partial charge on any atom is -0.492 e. The van der Waals surface area contributed by atoms with Crippen LogP contribution in [0.25, 0.3) is 10.9 Å². The highest BCUT2D eigenvalue weighted by molar-refractivity contribution is 7.92. The van der Waals surface area contributed by atoms with Gasteiger partial charge in [0.1, 0.15) is 22.8 Å². The van der Waals surface area contributed by atoms with Crippen molar-refractivity contribution in [2.75, 3.05) is 108 Å². The molecule has 5 aromatic rings. The molecule has 3 N–H and O–H groups in total. The maximum Gasteiger partial charge on any atom is 0.241 e. The maximum atomic E-state index is 14.4. The number of rotatable bonds is 16. The molecular formula is C56H79N13O5S. The molecule has 3 fully saturated rings. The summed E-state index contributed by atoms with van der Waals surface area (Å²) >= 11 is 0. The molecule has 19 heteroatoms. The number of fused-ring (bicyclic) bond motifs is 2. The molecule has 0 aliphatic carbocycles. The van der Waals surface area contributed by atoms with Crippen LogP contribution in [0, 0.1) is 20.8 Å². The number of sulfone groups is 1. The highest BCUT2D eigenvalue weighted by Gasteiger charge is 2.42. The number of benzene rings is 2. The third-order valence-corrected chi connectivity index (χ3v) is 18.4. The molecule has 4 aliphatic heterocycles. The van der Waals surface area contributed by atoms with Crippen LogP contribution < -0.4 is 20.3 Å². The Morgan fingerprint density at radius 2 is 1.60 bits per heavy atom. The predicted octanol–water partition coefficient (Wildman–Crippen LogP) is 5.49. The Morgan fingerprint density at radius 1 is 0.853 bits per heavy atom.